The van der Waals surface area contributed by atoms with Gasteiger partial charge in [0.25, 0.3) is 5.56 Å². The Kier molecular flexibility index (Phi) is 2.95. The van der Waals surface area contributed by atoms with Crippen molar-refractivity contribution in [2.24, 2.45) is 0 Å². The highest BCUT2D eigenvalue weighted by atomic mass is 32.1. The number of thiophene rings is 1. The van der Waals surface area contributed by atoms with E-state index in [1.165, 1.54) is 11.3 Å². The molecular formula is C15H14N2OS. The zero-order chi connectivity index (χ0) is 13.4. The Hall–Kier alpha value is -1.94. The molecule has 0 aliphatic carbocycles. The minimum absolute atomic E-state index is 0.0200. The number of nitrogens with zero attached hydrogens (tertiary/aromatic N) is 2. The smallest absolute Gasteiger partial charge is 0.273 e. The first-order valence-electron chi connectivity index (χ1n) is 6.22. The third-order valence-corrected chi connectivity index (χ3v) is 4.07. The van der Waals surface area contributed by atoms with Gasteiger partial charge in [0.2, 0.25) is 0 Å². The molecule has 0 radical (unpaired) electrons. The SMILES string of the molecule is CC(C)c1ccc(-n2ccc3ccsc3c2=O)cn1. The van der Waals surface area contributed by atoms with Crippen LogP contribution in [-0.2, 0) is 0 Å². The van der Waals surface area contributed by atoms with Crippen molar-refractivity contribution in [1.82, 2.24) is 9.55 Å². The minimum atomic E-state index is 0.0200. The van der Waals surface area contributed by atoms with Crippen LogP contribution in [0.2, 0.25) is 0 Å². The van der Waals surface area contributed by atoms with Gasteiger partial charge >= 0.3 is 0 Å². The maximum atomic E-state index is 12.4. The molecule has 4 heteroatoms. The molecule has 3 aromatic heterocycles. The number of hydrogen-bond acceptors (Lipinski definition) is 3. The largest absolute Gasteiger partial charge is 0.282 e. The Morgan fingerprint density at radius 1 is 1.21 bits per heavy atom. The van der Waals surface area contributed by atoms with E-state index in [4.69, 9.17) is 0 Å². The second-order valence-corrected chi connectivity index (χ2v) is 5.71. The van der Waals surface area contributed by atoms with E-state index < -0.39 is 0 Å². The van der Waals surface area contributed by atoms with Crippen molar-refractivity contribution >= 4 is 21.4 Å². The molecule has 0 aliphatic rings. The van der Waals surface area contributed by atoms with Gasteiger partial charge in [-0.3, -0.25) is 14.3 Å². The van der Waals surface area contributed by atoms with Gasteiger partial charge in [-0.1, -0.05) is 13.8 Å². The van der Waals surface area contributed by atoms with E-state index in [9.17, 15) is 4.79 Å². The first kappa shape index (κ1) is 12.1. The topological polar surface area (TPSA) is 34.9 Å². The van der Waals surface area contributed by atoms with Gasteiger partial charge in [0.05, 0.1) is 11.9 Å². The Morgan fingerprint density at radius 3 is 2.74 bits per heavy atom. The van der Waals surface area contributed by atoms with Gasteiger partial charge in [-0.2, -0.15) is 0 Å². The van der Waals surface area contributed by atoms with E-state index in [1.54, 1.807) is 10.8 Å². The van der Waals surface area contributed by atoms with Crippen LogP contribution in [-0.4, -0.2) is 9.55 Å². The highest BCUT2D eigenvalue weighted by molar-refractivity contribution is 7.17. The predicted molar refractivity (Wildman–Crippen MR) is 79.3 cm³/mol. The van der Waals surface area contributed by atoms with E-state index in [-0.39, 0.29) is 5.56 Å². The average molecular weight is 270 g/mol. The van der Waals surface area contributed by atoms with Crippen LogP contribution in [0.25, 0.3) is 15.8 Å². The van der Waals surface area contributed by atoms with Crippen LogP contribution in [0, 0.1) is 0 Å². The van der Waals surface area contributed by atoms with E-state index in [2.05, 4.69) is 18.8 Å². The van der Waals surface area contributed by atoms with Crippen LogP contribution < -0.4 is 5.56 Å². The van der Waals surface area contributed by atoms with Gasteiger partial charge in [-0.25, -0.2) is 0 Å². The number of hydrogen-bond donors (Lipinski definition) is 0. The summed E-state index contributed by atoms with van der Waals surface area (Å²) in [5.74, 6) is 0.394. The molecule has 0 spiro atoms. The number of aromatic nitrogens is 2. The highest BCUT2D eigenvalue weighted by Crippen LogP contribution is 2.18. The highest BCUT2D eigenvalue weighted by Gasteiger charge is 2.07. The Labute approximate surface area is 115 Å². The Bertz CT molecular complexity index is 769. The maximum Gasteiger partial charge on any atom is 0.273 e. The molecule has 0 aromatic carbocycles. The van der Waals surface area contributed by atoms with Gasteiger partial charge in [0.1, 0.15) is 4.70 Å². The molecule has 0 saturated carbocycles. The zero-order valence-electron chi connectivity index (χ0n) is 10.8. The lowest BCUT2D eigenvalue weighted by molar-refractivity contribution is 0.818. The Morgan fingerprint density at radius 2 is 2.05 bits per heavy atom. The average Bonchev–Trinajstić information content (AvgIpc) is 2.88. The fourth-order valence-electron chi connectivity index (χ4n) is 2.04. The summed E-state index contributed by atoms with van der Waals surface area (Å²) in [7, 11) is 0. The summed E-state index contributed by atoms with van der Waals surface area (Å²) in [4.78, 5) is 16.8. The molecule has 0 bridgehead atoms. The molecule has 0 N–H and O–H groups in total. The minimum Gasteiger partial charge on any atom is -0.282 e. The third-order valence-electron chi connectivity index (χ3n) is 3.15. The van der Waals surface area contributed by atoms with Gasteiger partial charge < -0.3 is 0 Å². The summed E-state index contributed by atoms with van der Waals surface area (Å²) >= 11 is 1.48. The molecule has 0 aliphatic heterocycles. The lowest BCUT2D eigenvalue weighted by Gasteiger charge is -2.08. The first-order chi connectivity index (χ1) is 9.16. The lowest BCUT2D eigenvalue weighted by Crippen LogP contribution is -2.16. The van der Waals surface area contributed by atoms with E-state index in [1.807, 2.05) is 35.8 Å². The van der Waals surface area contributed by atoms with Crippen molar-refractivity contribution < 1.29 is 0 Å². The normalized spacial score (nSPS) is 11.3. The maximum absolute atomic E-state index is 12.4. The fourth-order valence-corrected chi connectivity index (χ4v) is 2.86. The van der Waals surface area contributed by atoms with Crippen LogP contribution in [0.15, 0.2) is 46.8 Å². The molecule has 0 saturated heterocycles. The van der Waals surface area contributed by atoms with Crippen molar-refractivity contribution in [3.63, 3.8) is 0 Å². The monoisotopic (exact) mass is 270 g/mol. The van der Waals surface area contributed by atoms with Crippen molar-refractivity contribution in [1.29, 1.82) is 0 Å². The Balaban J connectivity index is 2.13. The van der Waals surface area contributed by atoms with Crippen molar-refractivity contribution in [2.45, 2.75) is 19.8 Å². The molecule has 0 unspecified atom stereocenters. The third kappa shape index (κ3) is 2.08. The summed E-state index contributed by atoms with van der Waals surface area (Å²) in [6.07, 6.45) is 3.57. The van der Waals surface area contributed by atoms with Gasteiger partial charge in [0.15, 0.2) is 0 Å². The summed E-state index contributed by atoms with van der Waals surface area (Å²) in [6, 6.07) is 7.85. The van der Waals surface area contributed by atoms with E-state index in [0.717, 1.165) is 21.5 Å². The number of fused-ring (bicyclic) bond motifs is 1. The molecule has 3 nitrogen and oxygen atoms in total. The van der Waals surface area contributed by atoms with Crippen LogP contribution in [0.4, 0.5) is 0 Å². The summed E-state index contributed by atoms with van der Waals surface area (Å²) in [5.41, 5.74) is 1.87. The quantitative estimate of drug-likeness (QED) is 0.713. The van der Waals surface area contributed by atoms with E-state index in [0.29, 0.717) is 5.92 Å². The fraction of sp³-hybridized carbons (Fsp3) is 0.200. The lowest BCUT2D eigenvalue weighted by atomic mass is 10.1. The first-order valence-corrected chi connectivity index (χ1v) is 7.10. The van der Waals surface area contributed by atoms with Gasteiger partial charge in [-0.05, 0) is 40.9 Å². The van der Waals surface area contributed by atoms with Crippen molar-refractivity contribution in [3.05, 3.63) is 58.1 Å². The molecule has 0 atom stereocenters. The van der Waals surface area contributed by atoms with Crippen LogP contribution in [0.5, 0.6) is 0 Å². The molecule has 19 heavy (non-hydrogen) atoms. The van der Waals surface area contributed by atoms with Crippen LogP contribution in [0.1, 0.15) is 25.5 Å². The van der Waals surface area contributed by atoms with Crippen LogP contribution in [0.3, 0.4) is 0 Å². The number of pyridine rings is 2. The molecule has 3 aromatic rings. The molecule has 3 rings (SSSR count). The molecular weight excluding hydrogens is 256 g/mol. The van der Waals surface area contributed by atoms with Crippen molar-refractivity contribution in [3.8, 4) is 5.69 Å². The number of rotatable bonds is 2. The predicted octanol–water partition coefficient (Wildman–Crippen LogP) is 3.57. The standard InChI is InChI=1S/C15H14N2OS/c1-10(2)13-4-3-12(9-16-13)17-7-5-11-6-8-19-14(11)15(17)18/h3-10H,1-2H3. The molecule has 3 heterocycles. The molecule has 0 amide bonds. The second kappa shape index (κ2) is 4.63. The molecule has 96 valence electrons. The van der Waals surface area contributed by atoms with Crippen LogP contribution >= 0.6 is 11.3 Å². The van der Waals surface area contributed by atoms with Gasteiger partial charge in [0, 0.05) is 11.9 Å². The second-order valence-electron chi connectivity index (χ2n) is 4.79. The summed E-state index contributed by atoms with van der Waals surface area (Å²) < 4.78 is 2.44. The summed E-state index contributed by atoms with van der Waals surface area (Å²) in [6.45, 7) is 4.21. The van der Waals surface area contributed by atoms with Crippen molar-refractivity contribution in [2.75, 3.05) is 0 Å². The van der Waals surface area contributed by atoms with E-state index >= 15 is 0 Å². The molecule has 0 fully saturated rings. The zero-order valence-corrected chi connectivity index (χ0v) is 11.6. The van der Waals surface area contributed by atoms with Gasteiger partial charge in [-0.15, -0.1) is 11.3 Å². The summed E-state index contributed by atoms with van der Waals surface area (Å²) in [5, 5.41) is 2.94.